The van der Waals surface area contributed by atoms with E-state index in [1.54, 1.807) is 0 Å². The number of para-hydroxylation sites is 1. The van der Waals surface area contributed by atoms with Crippen LogP contribution in [0.25, 0.3) is 49.0 Å². The van der Waals surface area contributed by atoms with Crippen molar-refractivity contribution in [1.82, 2.24) is 4.57 Å². The summed E-state index contributed by atoms with van der Waals surface area (Å²) in [6.07, 6.45) is 0.957. The smallest absolute Gasteiger partial charge is 0.0547 e. The highest BCUT2D eigenvalue weighted by molar-refractivity contribution is 6.13. The molecule has 1 aromatic heterocycles. The monoisotopic (exact) mass is 433 g/mol. The second-order valence-electron chi connectivity index (χ2n) is 9.10. The van der Waals surface area contributed by atoms with E-state index < -0.39 is 0 Å². The zero-order valence-electron chi connectivity index (χ0n) is 18.8. The summed E-state index contributed by atoms with van der Waals surface area (Å²) in [5.41, 5.74) is 6.38. The molecule has 0 aliphatic heterocycles. The van der Waals surface area contributed by atoms with Gasteiger partial charge in [-0.15, -0.1) is 0 Å². The van der Waals surface area contributed by atoms with Crippen LogP contribution >= 0.6 is 0 Å². The Kier molecular flexibility index (Phi) is 4.28. The van der Waals surface area contributed by atoms with Crippen molar-refractivity contribution in [1.29, 1.82) is 0 Å². The largest absolute Gasteiger partial charge is 0.309 e. The molecule has 0 saturated heterocycles. The van der Waals surface area contributed by atoms with Crippen molar-refractivity contribution in [3.8, 4) is 5.69 Å². The molecule has 34 heavy (non-hydrogen) atoms. The minimum absolute atomic E-state index is 0.957. The summed E-state index contributed by atoms with van der Waals surface area (Å²) in [6, 6.07) is 46.4. The Bertz CT molecular complexity index is 1820. The van der Waals surface area contributed by atoms with E-state index in [1.807, 2.05) is 0 Å². The number of hydrogen-bond donors (Lipinski definition) is 0. The van der Waals surface area contributed by atoms with E-state index in [4.69, 9.17) is 0 Å². The topological polar surface area (TPSA) is 4.93 Å². The maximum Gasteiger partial charge on any atom is 0.0547 e. The van der Waals surface area contributed by atoms with Crippen LogP contribution in [-0.2, 0) is 6.42 Å². The van der Waals surface area contributed by atoms with Crippen molar-refractivity contribution in [3.05, 3.63) is 139 Å². The maximum absolute atomic E-state index is 2.41. The normalized spacial score (nSPS) is 11.6. The Labute approximate surface area is 198 Å². The van der Waals surface area contributed by atoms with Crippen LogP contribution in [0.5, 0.6) is 0 Å². The molecule has 0 unspecified atom stereocenters. The van der Waals surface area contributed by atoms with Gasteiger partial charge in [0.1, 0.15) is 0 Å². The van der Waals surface area contributed by atoms with Gasteiger partial charge in [0, 0.05) is 16.5 Å². The molecule has 1 nitrogen and oxygen atoms in total. The van der Waals surface area contributed by atoms with Crippen LogP contribution in [0.3, 0.4) is 0 Å². The van der Waals surface area contributed by atoms with Gasteiger partial charge in [-0.3, -0.25) is 0 Å². The average Bonchev–Trinajstić information content (AvgIpc) is 3.21. The summed E-state index contributed by atoms with van der Waals surface area (Å²) in [6.45, 7) is 0. The van der Waals surface area contributed by atoms with Crippen molar-refractivity contribution in [2.75, 3.05) is 0 Å². The summed E-state index contributed by atoms with van der Waals surface area (Å²) in [4.78, 5) is 0. The summed E-state index contributed by atoms with van der Waals surface area (Å²) in [7, 11) is 0. The fraction of sp³-hybridized carbons (Fsp3) is 0.0303. The van der Waals surface area contributed by atoms with Gasteiger partial charge in [-0.2, -0.15) is 0 Å². The molecule has 0 aliphatic carbocycles. The molecular weight excluding hydrogens is 410 g/mol. The van der Waals surface area contributed by atoms with Gasteiger partial charge >= 0.3 is 0 Å². The number of rotatable bonds is 3. The van der Waals surface area contributed by atoms with Crippen LogP contribution in [-0.4, -0.2) is 4.57 Å². The molecule has 1 heteroatoms. The molecule has 0 spiro atoms. The van der Waals surface area contributed by atoms with Crippen molar-refractivity contribution in [2.24, 2.45) is 0 Å². The average molecular weight is 434 g/mol. The molecule has 0 aliphatic rings. The Hall–Kier alpha value is -4.36. The van der Waals surface area contributed by atoms with Gasteiger partial charge < -0.3 is 4.57 Å². The maximum atomic E-state index is 2.41. The molecule has 0 fully saturated rings. The third-order valence-corrected chi connectivity index (χ3v) is 6.94. The van der Waals surface area contributed by atoms with E-state index in [-0.39, 0.29) is 0 Å². The van der Waals surface area contributed by atoms with E-state index in [0.717, 1.165) is 6.42 Å². The van der Waals surface area contributed by atoms with Crippen molar-refractivity contribution in [2.45, 2.75) is 6.42 Å². The standard InChI is InChI=1S/C33H23N/c1-2-8-23(9-3-1)18-24-14-15-28-20-29(17-16-27(28)19-24)34-32-13-7-6-12-30(32)31-21-25-10-4-5-11-26(25)22-33(31)34/h1-17,19-22H,18H2. The summed E-state index contributed by atoms with van der Waals surface area (Å²) in [5, 5.41) is 7.69. The molecule has 0 atom stereocenters. The zero-order chi connectivity index (χ0) is 22.5. The van der Waals surface area contributed by atoms with Gasteiger partial charge in [0.15, 0.2) is 0 Å². The predicted molar refractivity (Wildman–Crippen MR) is 145 cm³/mol. The number of benzene rings is 6. The molecule has 0 radical (unpaired) electrons. The first-order chi connectivity index (χ1) is 16.8. The van der Waals surface area contributed by atoms with Crippen LogP contribution in [0.15, 0.2) is 127 Å². The second kappa shape index (κ2) is 7.60. The summed E-state index contributed by atoms with van der Waals surface area (Å²) in [5.74, 6) is 0. The lowest BCUT2D eigenvalue weighted by Gasteiger charge is -2.11. The van der Waals surface area contributed by atoms with Gasteiger partial charge in [0.2, 0.25) is 0 Å². The quantitative estimate of drug-likeness (QED) is 0.263. The molecule has 7 aromatic rings. The van der Waals surface area contributed by atoms with Crippen molar-refractivity contribution >= 4 is 43.4 Å². The Morgan fingerprint density at radius 1 is 0.412 bits per heavy atom. The first kappa shape index (κ1) is 19.1. The molecule has 0 N–H and O–H groups in total. The number of nitrogens with zero attached hydrogens (tertiary/aromatic N) is 1. The number of aromatic nitrogens is 1. The number of hydrogen-bond acceptors (Lipinski definition) is 0. The van der Waals surface area contributed by atoms with Gasteiger partial charge in [0.25, 0.3) is 0 Å². The van der Waals surface area contributed by atoms with Gasteiger partial charge in [-0.1, -0.05) is 97.1 Å². The Morgan fingerprint density at radius 3 is 1.97 bits per heavy atom. The van der Waals surface area contributed by atoms with E-state index in [9.17, 15) is 0 Å². The highest BCUT2D eigenvalue weighted by Crippen LogP contribution is 2.35. The third-order valence-electron chi connectivity index (χ3n) is 6.94. The molecular formula is C33H23N. The summed E-state index contributed by atoms with van der Waals surface area (Å²) < 4.78 is 2.41. The van der Waals surface area contributed by atoms with Crippen LogP contribution in [0.2, 0.25) is 0 Å². The lowest BCUT2D eigenvalue weighted by Crippen LogP contribution is -1.94. The van der Waals surface area contributed by atoms with Crippen molar-refractivity contribution in [3.63, 3.8) is 0 Å². The minimum Gasteiger partial charge on any atom is -0.309 e. The highest BCUT2D eigenvalue weighted by Gasteiger charge is 2.13. The lowest BCUT2D eigenvalue weighted by atomic mass is 10.0. The predicted octanol–water partition coefficient (Wildman–Crippen LogP) is 8.68. The van der Waals surface area contributed by atoms with Gasteiger partial charge in [-0.05, 0) is 69.4 Å². The third kappa shape index (κ3) is 3.09. The lowest BCUT2D eigenvalue weighted by molar-refractivity contribution is 1.18. The van der Waals surface area contributed by atoms with Gasteiger partial charge in [0.05, 0.1) is 11.0 Å². The van der Waals surface area contributed by atoms with E-state index >= 15 is 0 Å². The van der Waals surface area contributed by atoms with E-state index in [0.29, 0.717) is 0 Å². The van der Waals surface area contributed by atoms with Crippen LogP contribution < -0.4 is 0 Å². The fourth-order valence-corrected chi connectivity index (χ4v) is 5.30. The molecule has 0 saturated carbocycles. The molecule has 6 aromatic carbocycles. The molecule has 7 rings (SSSR count). The van der Waals surface area contributed by atoms with E-state index in [1.165, 1.54) is 60.2 Å². The van der Waals surface area contributed by atoms with Crippen LogP contribution in [0.1, 0.15) is 11.1 Å². The highest BCUT2D eigenvalue weighted by atomic mass is 15.0. The van der Waals surface area contributed by atoms with Crippen LogP contribution in [0, 0.1) is 0 Å². The molecule has 0 amide bonds. The zero-order valence-corrected chi connectivity index (χ0v) is 18.8. The second-order valence-corrected chi connectivity index (χ2v) is 9.10. The van der Waals surface area contributed by atoms with Crippen molar-refractivity contribution < 1.29 is 0 Å². The Balaban J connectivity index is 1.41. The van der Waals surface area contributed by atoms with Crippen LogP contribution in [0.4, 0.5) is 0 Å². The van der Waals surface area contributed by atoms with Gasteiger partial charge in [-0.25, -0.2) is 0 Å². The van der Waals surface area contributed by atoms with E-state index in [2.05, 4.69) is 132 Å². The number of fused-ring (bicyclic) bond motifs is 5. The molecule has 1 heterocycles. The fourth-order valence-electron chi connectivity index (χ4n) is 5.30. The first-order valence-corrected chi connectivity index (χ1v) is 11.8. The molecule has 160 valence electrons. The molecule has 0 bridgehead atoms. The summed E-state index contributed by atoms with van der Waals surface area (Å²) >= 11 is 0. The Morgan fingerprint density at radius 2 is 1.09 bits per heavy atom. The SMILES string of the molecule is c1ccc(Cc2ccc3cc(-n4c5ccccc5c5cc6ccccc6cc54)ccc3c2)cc1. The minimum atomic E-state index is 0.957. The first-order valence-electron chi connectivity index (χ1n) is 11.8.